The van der Waals surface area contributed by atoms with Gasteiger partial charge in [0.05, 0.1) is 0 Å². The van der Waals surface area contributed by atoms with Crippen molar-refractivity contribution >= 4 is 5.82 Å². The van der Waals surface area contributed by atoms with E-state index in [0.717, 1.165) is 26.1 Å². The van der Waals surface area contributed by atoms with Gasteiger partial charge in [-0.05, 0) is 29.4 Å². The van der Waals surface area contributed by atoms with Crippen molar-refractivity contribution in [3.8, 4) is 0 Å². The lowest BCUT2D eigenvalue weighted by atomic mass is 10.4. The minimum atomic E-state index is -0.485. The maximum Gasteiger partial charge on any atom is 0.381 e. The van der Waals surface area contributed by atoms with Crippen LogP contribution >= 0.6 is 0 Å². The van der Waals surface area contributed by atoms with Crippen LogP contribution in [-0.2, 0) is 6.54 Å². The molecule has 0 saturated carbocycles. The molecule has 0 aliphatic heterocycles. The van der Waals surface area contributed by atoms with Gasteiger partial charge in [0.1, 0.15) is 6.20 Å². The molecular formula is C8H14N4O2. The molecule has 6 heteroatoms. The summed E-state index contributed by atoms with van der Waals surface area (Å²) in [7, 11) is 0. The van der Waals surface area contributed by atoms with Gasteiger partial charge >= 0.3 is 5.82 Å². The van der Waals surface area contributed by atoms with E-state index in [1.165, 1.54) is 12.5 Å². The van der Waals surface area contributed by atoms with Crippen LogP contribution in [-0.4, -0.2) is 27.6 Å². The third-order valence-corrected chi connectivity index (χ3v) is 1.83. The van der Waals surface area contributed by atoms with E-state index in [-0.39, 0.29) is 5.82 Å². The van der Waals surface area contributed by atoms with E-state index in [1.54, 1.807) is 4.57 Å². The van der Waals surface area contributed by atoms with Gasteiger partial charge in [-0.2, -0.15) is 0 Å². The van der Waals surface area contributed by atoms with Crippen molar-refractivity contribution in [3.63, 3.8) is 0 Å². The normalized spacial score (nSPS) is 10.4. The van der Waals surface area contributed by atoms with E-state index >= 15 is 0 Å². The fourth-order valence-corrected chi connectivity index (χ4v) is 1.13. The second-order valence-corrected chi connectivity index (χ2v) is 2.93. The molecule has 0 fully saturated rings. The van der Waals surface area contributed by atoms with Crippen LogP contribution in [0.5, 0.6) is 0 Å². The summed E-state index contributed by atoms with van der Waals surface area (Å²) in [6.07, 6.45) is 3.89. The number of nitrogens with one attached hydrogen (secondary N) is 1. The van der Waals surface area contributed by atoms with Crippen LogP contribution in [0.3, 0.4) is 0 Å². The van der Waals surface area contributed by atoms with E-state index in [2.05, 4.69) is 10.3 Å². The number of hydrogen-bond donors (Lipinski definition) is 1. The summed E-state index contributed by atoms with van der Waals surface area (Å²) in [5, 5.41) is 13.5. The minimum absolute atomic E-state index is 0.0894. The van der Waals surface area contributed by atoms with Gasteiger partial charge < -0.3 is 20.0 Å². The minimum Gasteiger partial charge on any atom is -0.358 e. The quantitative estimate of drug-likeness (QED) is 0.416. The monoisotopic (exact) mass is 198 g/mol. The first-order valence-corrected chi connectivity index (χ1v) is 4.61. The topological polar surface area (TPSA) is 73.0 Å². The standard InChI is InChI=1S/C8H14N4O2/c1-2-9-4-3-5-11-6-8(10-7-11)12(13)14/h6-7,9H,2-5H2,1H3. The van der Waals surface area contributed by atoms with Crippen molar-refractivity contribution in [1.29, 1.82) is 0 Å². The first-order chi connectivity index (χ1) is 6.74. The molecule has 0 amide bonds. The molecule has 0 aromatic carbocycles. The number of imidazole rings is 1. The number of nitrogens with zero attached hydrogens (tertiary/aromatic N) is 3. The fraction of sp³-hybridized carbons (Fsp3) is 0.625. The van der Waals surface area contributed by atoms with Crippen LogP contribution in [0.15, 0.2) is 12.5 Å². The Balaban J connectivity index is 2.33. The lowest BCUT2D eigenvalue weighted by Crippen LogP contribution is -2.15. The summed E-state index contributed by atoms with van der Waals surface area (Å²) >= 11 is 0. The largest absolute Gasteiger partial charge is 0.381 e. The van der Waals surface area contributed by atoms with Crippen LogP contribution in [0, 0.1) is 10.1 Å². The zero-order chi connectivity index (χ0) is 10.4. The van der Waals surface area contributed by atoms with Crippen molar-refractivity contribution in [1.82, 2.24) is 14.9 Å². The predicted molar refractivity (Wildman–Crippen MR) is 52.0 cm³/mol. The SMILES string of the molecule is CCNCCCn1cnc([N+](=O)[O-])c1. The van der Waals surface area contributed by atoms with Crippen LogP contribution in [0.2, 0.25) is 0 Å². The molecule has 0 saturated heterocycles. The highest BCUT2D eigenvalue weighted by molar-refractivity contribution is 5.12. The average molecular weight is 198 g/mol. The van der Waals surface area contributed by atoms with Crippen LogP contribution in [0.1, 0.15) is 13.3 Å². The molecule has 0 spiro atoms. The lowest BCUT2D eigenvalue weighted by molar-refractivity contribution is -0.389. The third kappa shape index (κ3) is 3.14. The van der Waals surface area contributed by atoms with E-state index in [9.17, 15) is 10.1 Å². The highest BCUT2D eigenvalue weighted by Crippen LogP contribution is 2.05. The van der Waals surface area contributed by atoms with Gasteiger partial charge in [0.2, 0.25) is 6.33 Å². The number of aryl methyl sites for hydroxylation is 1. The predicted octanol–water partition coefficient (Wildman–Crippen LogP) is 0.791. The third-order valence-electron chi connectivity index (χ3n) is 1.83. The summed E-state index contributed by atoms with van der Waals surface area (Å²) in [5.74, 6) is -0.0894. The molecule has 1 rings (SSSR count). The zero-order valence-corrected chi connectivity index (χ0v) is 8.14. The van der Waals surface area contributed by atoms with Crippen molar-refractivity contribution in [2.45, 2.75) is 19.9 Å². The number of aromatic nitrogens is 2. The summed E-state index contributed by atoms with van der Waals surface area (Å²) < 4.78 is 1.73. The lowest BCUT2D eigenvalue weighted by Gasteiger charge is -2.00. The van der Waals surface area contributed by atoms with Gasteiger partial charge in [0, 0.05) is 6.54 Å². The second-order valence-electron chi connectivity index (χ2n) is 2.93. The van der Waals surface area contributed by atoms with E-state index < -0.39 is 4.92 Å². The van der Waals surface area contributed by atoms with Crippen molar-refractivity contribution < 1.29 is 4.92 Å². The second kappa shape index (κ2) is 5.33. The first-order valence-electron chi connectivity index (χ1n) is 4.61. The highest BCUT2D eigenvalue weighted by Gasteiger charge is 2.08. The Hall–Kier alpha value is -1.43. The zero-order valence-electron chi connectivity index (χ0n) is 8.14. The first kappa shape index (κ1) is 10.6. The average Bonchev–Trinajstić information content (AvgIpc) is 2.61. The molecule has 14 heavy (non-hydrogen) atoms. The molecule has 78 valence electrons. The van der Waals surface area contributed by atoms with Gasteiger partial charge in [-0.25, -0.2) is 0 Å². The van der Waals surface area contributed by atoms with E-state index in [1.807, 2.05) is 6.92 Å². The summed E-state index contributed by atoms with van der Waals surface area (Å²) in [6, 6.07) is 0. The summed E-state index contributed by atoms with van der Waals surface area (Å²) in [6.45, 7) is 4.67. The molecule has 0 bridgehead atoms. The Kier molecular flexibility index (Phi) is 4.06. The number of hydrogen-bond acceptors (Lipinski definition) is 4. The maximum atomic E-state index is 10.3. The molecule has 1 aromatic rings. The Morgan fingerprint density at radius 2 is 2.50 bits per heavy atom. The van der Waals surface area contributed by atoms with Gasteiger partial charge in [-0.15, -0.1) is 0 Å². The molecule has 0 aliphatic carbocycles. The Morgan fingerprint density at radius 1 is 1.71 bits per heavy atom. The van der Waals surface area contributed by atoms with Crippen LogP contribution < -0.4 is 5.32 Å². The van der Waals surface area contributed by atoms with Gasteiger partial charge in [0.25, 0.3) is 0 Å². The van der Waals surface area contributed by atoms with Crippen molar-refractivity contribution in [3.05, 3.63) is 22.6 Å². The molecule has 0 atom stereocenters. The van der Waals surface area contributed by atoms with Crippen molar-refractivity contribution in [2.24, 2.45) is 0 Å². The van der Waals surface area contributed by atoms with Crippen LogP contribution in [0.4, 0.5) is 5.82 Å². The molecule has 1 N–H and O–H groups in total. The van der Waals surface area contributed by atoms with Crippen molar-refractivity contribution in [2.75, 3.05) is 13.1 Å². The van der Waals surface area contributed by atoms with Crippen LogP contribution in [0.25, 0.3) is 0 Å². The Bertz CT molecular complexity index is 297. The summed E-state index contributed by atoms with van der Waals surface area (Å²) in [4.78, 5) is 13.5. The van der Waals surface area contributed by atoms with Gasteiger partial charge in [-0.1, -0.05) is 6.92 Å². The number of rotatable bonds is 6. The smallest absolute Gasteiger partial charge is 0.358 e. The molecule has 0 aliphatic rings. The highest BCUT2D eigenvalue weighted by atomic mass is 16.6. The number of nitro groups is 1. The fourth-order valence-electron chi connectivity index (χ4n) is 1.13. The molecular weight excluding hydrogens is 184 g/mol. The van der Waals surface area contributed by atoms with Gasteiger partial charge in [-0.3, -0.25) is 0 Å². The molecule has 1 heterocycles. The summed E-state index contributed by atoms with van der Waals surface area (Å²) in [5.41, 5.74) is 0. The Labute approximate surface area is 82.1 Å². The molecule has 6 nitrogen and oxygen atoms in total. The van der Waals surface area contributed by atoms with E-state index in [0.29, 0.717) is 0 Å². The maximum absolute atomic E-state index is 10.3. The molecule has 0 unspecified atom stereocenters. The van der Waals surface area contributed by atoms with Gasteiger partial charge in [0.15, 0.2) is 0 Å². The molecule has 0 radical (unpaired) electrons. The molecule has 1 aromatic heterocycles. The Morgan fingerprint density at radius 3 is 3.07 bits per heavy atom. The van der Waals surface area contributed by atoms with E-state index in [4.69, 9.17) is 0 Å².